The summed E-state index contributed by atoms with van der Waals surface area (Å²) >= 11 is 0. The molecule has 0 atom stereocenters. The van der Waals surface area contributed by atoms with Crippen molar-refractivity contribution in [2.75, 3.05) is 0 Å². The minimum Gasteiger partial charge on any atom is -0.481 e. The van der Waals surface area contributed by atoms with E-state index in [4.69, 9.17) is 5.11 Å². The van der Waals surface area contributed by atoms with Crippen LogP contribution in [0, 0.1) is 0 Å². The fourth-order valence-electron chi connectivity index (χ4n) is 1.88. The van der Waals surface area contributed by atoms with Gasteiger partial charge in [-0.2, -0.15) is 0 Å². The van der Waals surface area contributed by atoms with Gasteiger partial charge in [-0.1, -0.05) is 38.1 Å². The fourth-order valence-corrected chi connectivity index (χ4v) is 1.88. The van der Waals surface area contributed by atoms with Gasteiger partial charge in [0, 0.05) is 18.4 Å². The minimum absolute atomic E-state index is 0.00669. The number of hydrogen-bond donors (Lipinski definition) is 1. The predicted octanol–water partition coefficient (Wildman–Crippen LogP) is 4.55. The first-order valence-electron chi connectivity index (χ1n) is 6.53. The third kappa shape index (κ3) is 4.97. The van der Waals surface area contributed by atoms with Gasteiger partial charge in [-0.25, -0.2) is 8.78 Å². The maximum Gasteiger partial charge on any atom is 0.303 e. The summed E-state index contributed by atoms with van der Waals surface area (Å²) in [4.78, 5) is 10.3. The molecule has 0 saturated heterocycles. The lowest BCUT2D eigenvalue weighted by atomic mass is 9.97. The van der Waals surface area contributed by atoms with Crippen LogP contribution in [0.5, 0.6) is 0 Å². The number of carbonyl (C=O) groups is 1. The van der Waals surface area contributed by atoms with Gasteiger partial charge in [-0.3, -0.25) is 4.79 Å². The topological polar surface area (TPSA) is 37.3 Å². The largest absolute Gasteiger partial charge is 0.481 e. The molecule has 0 radical (unpaired) electrons. The third-order valence-electron chi connectivity index (χ3n) is 3.13. The van der Waals surface area contributed by atoms with Crippen LogP contribution in [0.15, 0.2) is 24.3 Å². The Hall–Kier alpha value is -1.45. The molecule has 1 N–H and O–H groups in total. The molecule has 0 bridgehead atoms. The van der Waals surface area contributed by atoms with Crippen LogP contribution >= 0.6 is 0 Å². The Labute approximate surface area is 112 Å². The Kier molecular flexibility index (Phi) is 5.45. The lowest BCUT2D eigenvalue weighted by Gasteiger charge is -2.17. The van der Waals surface area contributed by atoms with Gasteiger partial charge in [0.05, 0.1) is 0 Å². The van der Waals surface area contributed by atoms with Gasteiger partial charge in [0.2, 0.25) is 0 Å². The van der Waals surface area contributed by atoms with Crippen LogP contribution in [0.4, 0.5) is 8.78 Å². The second-order valence-electron chi connectivity index (χ2n) is 5.08. The first-order valence-corrected chi connectivity index (χ1v) is 6.53. The Bertz CT molecular complexity index is 411. The van der Waals surface area contributed by atoms with Gasteiger partial charge in [0.1, 0.15) is 0 Å². The molecule has 1 aromatic rings. The summed E-state index contributed by atoms with van der Waals surface area (Å²) in [6.07, 6.45) is 0.143. The molecule has 0 heterocycles. The van der Waals surface area contributed by atoms with Crippen molar-refractivity contribution in [2.45, 2.75) is 51.4 Å². The van der Waals surface area contributed by atoms with E-state index in [2.05, 4.69) is 0 Å². The third-order valence-corrected chi connectivity index (χ3v) is 3.13. The molecule has 0 aliphatic rings. The van der Waals surface area contributed by atoms with Crippen LogP contribution in [0.1, 0.15) is 56.6 Å². The van der Waals surface area contributed by atoms with Gasteiger partial charge in [0.25, 0.3) is 5.92 Å². The molecular weight excluding hydrogens is 250 g/mol. The van der Waals surface area contributed by atoms with Crippen molar-refractivity contribution in [1.82, 2.24) is 0 Å². The van der Waals surface area contributed by atoms with E-state index in [-0.39, 0.29) is 31.2 Å². The van der Waals surface area contributed by atoms with E-state index >= 15 is 0 Å². The first kappa shape index (κ1) is 15.6. The van der Waals surface area contributed by atoms with Gasteiger partial charge in [-0.15, -0.1) is 0 Å². The molecule has 0 amide bonds. The molecule has 0 saturated carbocycles. The minimum atomic E-state index is -2.88. The van der Waals surface area contributed by atoms with Crippen molar-refractivity contribution in [3.05, 3.63) is 35.4 Å². The van der Waals surface area contributed by atoms with Crippen LogP contribution in [-0.2, 0) is 10.7 Å². The van der Waals surface area contributed by atoms with Crippen LogP contribution in [-0.4, -0.2) is 11.1 Å². The molecule has 1 rings (SSSR count). The Morgan fingerprint density at radius 1 is 1.21 bits per heavy atom. The van der Waals surface area contributed by atoms with Gasteiger partial charge in [-0.05, 0) is 24.3 Å². The highest BCUT2D eigenvalue weighted by molar-refractivity contribution is 5.66. The zero-order valence-corrected chi connectivity index (χ0v) is 11.3. The molecule has 0 spiro atoms. The van der Waals surface area contributed by atoms with Gasteiger partial charge >= 0.3 is 5.97 Å². The summed E-state index contributed by atoms with van der Waals surface area (Å²) in [5, 5.41) is 8.45. The van der Waals surface area contributed by atoms with Crippen molar-refractivity contribution in [2.24, 2.45) is 0 Å². The molecule has 1 aromatic carbocycles. The van der Waals surface area contributed by atoms with E-state index in [9.17, 15) is 13.6 Å². The highest BCUT2D eigenvalue weighted by Crippen LogP contribution is 2.34. The SMILES string of the molecule is CC(C)c1ccc(C(F)(F)CCCCC(=O)O)cc1. The normalized spacial score (nSPS) is 11.8. The Morgan fingerprint density at radius 3 is 2.26 bits per heavy atom. The predicted molar refractivity (Wildman–Crippen MR) is 70.5 cm³/mol. The number of alkyl halides is 2. The molecule has 2 nitrogen and oxygen atoms in total. The van der Waals surface area contributed by atoms with E-state index < -0.39 is 11.9 Å². The Morgan fingerprint density at radius 2 is 1.79 bits per heavy atom. The summed E-state index contributed by atoms with van der Waals surface area (Å²) < 4.78 is 27.7. The fraction of sp³-hybridized carbons (Fsp3) is 0.533. The summed E-state index contributed by atoms with van der Waals surface area (Å²) in [7, 11) is 0. The molecule has 0 aliphatic heterocycles. The van der Waals surface area contributed by atoms with Gasteiger partial charge in [0.15, 0.2) is 0 Å². The number of hydrogen-bond acceptors (Lipinski definition) is 1. The van der Waals surface area contributed by atoms with E-state index in [1.165, 1.54) is 12.1 Å². The molecule has 0 aromatic heterocycles. The quantitative estimate of drug-likeness (QED) is 0.738. The van der Waals surface area contributed by atoms with E-state index in [1.807, 2.05) is 13.8 Å². The first-order chi connectivity index (χ1) is 8.83. The highest BCUT2D eigenvalue weighted by atomic mass is 19.3. The number of benzene rings is 1. The van der Waals surface area contributed by atoms with Crippen molar-refractivity contribution in [3.8, 4) is 0 Å². The maximum atomic E-state index is 13.9. The number of carboxylic acids is 1. The maximum absolute atomic E-state index is 13.9. The standard InChI is InChI=1S/C15H20F2O2/c1-11(2)12-6-8-13(9-7-12)15(16,17)10-4-3-5-14(18)19/h6-9,11H,3-5,10H2,1-2H3,(H,18,19). The van der Waals surface area contributed by atoms with Crippen LogP contribution < -0.4 is 0 Å². The second kappa shape index (κ2) is 6.64. The summed E-state index contributed by atoms with van der Waals surface area (Å²) in [6.45, 7) is 4.03. The van der Waals surface area contributed by atoms with Crippen LogP contribution in [0.3, 0.4) is 0 Å². The van der Waals surface area contributed by atoms with Crippen molar-refractivity contribution in [1.29, 1.82) is 0 Å². The van der Waals surface area contributed by atoms with E-state index in [1.54, 1.807) is 12.1 Å². The van der Waals surface area contributed by atoms with Crippen molar-refractivity contribution >= 4 is 5.97 Å². The molecular formula is C15H20F2O2. The molecule has 4 heteroatoms. The summed E-state index contributed by atoms with van der Waals surface area (Å²) in [5.41, 5.74) is 1.04. The van der Waals surface area contributed by atoms with Crippen LogP contribution in [0.2, 0.25) is 0 Å². The smallest absolute Gasteiger partial charge is 0.303 e. The van der Waals surface area contributed by atoms with E-state index in [0.29, 0.717) is 5.92 Å². The molecule has 0 unspecified atom stereocenters. The second-order valence-corrected chi connectivity index (χ2v) is 5.08. The molecule has 0 fully saturated rings. The molecule has 19 heavy (non-hydrogen) atoms. The lowest BCUT2D eigenvalue weighted by molar-refractivity contribution is -0.137. The Balaban J connectivity index is 2.58. The van der Waals surface area contributed by atoms with Crippen molar-refractivity contribution in [3.63, 3.8) is 0 Å². The summed E-state index contributed by atoms with van der Waals surface area (Å²) in [6, 6.07) is 6.38. The highest BCUT2D eigenvalue weighted by Gasteiger charge is 2.30. The van der Waals surface area contributed by atoms with Crippen molar-refractivity contribution < 1.29 is 18.7 Å². The van der Waals surface area contributed by atoms with E-state index in [0.717, 1.165) is 5.56 Å². The molecule has 106 valence electrons. The summed E-state index contributed by atoms with van der Waals surface area (Å²) in [5.74, 6) is -3.50. The molecule has 0 aliphatic carbocycles. The zero-order valence-electron chi connectivity index (χ0n) is 11.3. The number of aliphatic carboxylic acids is 1. The lowest BCUT2D eigenvalue weighted by Crippen LogP contribution is -2.13. The number of rotatable bonds is 7. The average molecular weight is 270 g/mol. The monoisotopic (exact) mass is 270 g/mol. The average Bonchev–Trinajstić information content (AvgIpc) is 2.34. The van der Waals surface area contributed by atoms with Gasteiger partial charge < -0.3 is 5.11 Å². The number of carboxylic acid groups (broad SMARTS) is 1. The van der Waals surface area contributed by atoms with Crippen LogP contribution in [0.25, 0.3) is 0 Å². The zero-order chi connectivity index (χ0) is 14.5. The number of unbranched alkanes of at least 4 members (excludes halogenated alkanes) is 1. The number of halogens is 2.